The quantitative estimate of drug-likeness (QED) is 0.156. The molecule has 6 aromatic carbocycles. The van der Waals surface area contributed by atoms with Crippen molar-refractivity contribution in [2.24, 2.45) is 0 Å². The molecule has 0 heterocycles. The highest BCUT2D eigenvalue weighted by atomic mass is 79.9. The Labute approximate surface area is 241 Å². The van der Waals surface area contributed by atoms with E-state index < -0.39 is 0 Å². The zero-order chi connectivity index (χ0) is 25.9. The largest absolute Gasteiger partial charge is 0.0876 e. The molecule has 0 radical (unpaired) electrons. The van der Waals surface area contributed by atoms with Gasteiger partial charge in [0.1, 0.15) is 0 Å². The maximum atomic E-state index is 3.58. The van der Waals surface area contributed by atoms with Gasteiger partial charge in [-0.2, -0.15) is 0 Å². The van der Waals surface area contributed by atoms with Crippen LogP contribution in [-0.4, -0.2) is 0 Å². The molecule has 38 heavy (non-hydrogen) atoms. The molecule has 0 aliphatic rings. The number of hydrogen-bond donors (Lipinski definition) is 0. The Morgan fingerprint density at radius 3 is 1.13 bits per heavy atom. The van der Waals surface area contributed by atoms with E-state index in [-0.39, 0.29) is 0 Å². The van der Waals surface area contributed by atoms with Crippen LogP contribution in [0.3, 0.4) is 0 Å². The van der Waals surface area contributed by atoms with Crippen molar-refractivity contribution in [2.75, 3.05) is 0 Å². The lowest BCUT2D eigenvalue weighted by Gasteiger charge is -2.20. The van der Waals surface area contributed by atoms with E-state index in [0.29, 0.717) is 0 Å². The maximum Gasteiger partial charge on any atom is 0.0283 e. The van der Waals surface area contributed by atoms with Gasteiger partial charge in [0, 0.05) is 10.7 Å². The van der Waals surface area contributed by atoms with Crippen molar-refractivity contribution in [1.82, 2.24) is 0 Å². The Bertz CT molecular complexity index is 1580. The second-order valence-electron chi connectivity index (χ2n) is 9.90. The number of alkyl halides is 2. The van der Waals surface area contributed by atoms with Crippen molar-refractivity contribution >= 4 is 53.4 Å². The molecule has 0 atom stereocenters. The summed E-state index contributed by atoms with van der Waals surface area (Å²) < 4.78 is 0. The second-order valence-corrected chi connectivity index (χ2v) is 11.0. The van der Waals surface area contributed by atoms with Crippen LogP contribution in [0.25, 0.3) is 32.7 Å². The highest BCUT2D eigenvalue weighted by Crippen LogP contribution is 2.40. The SMILES string of the molecule is BrCc1ccc(Cc2ccc3ccccc3c2-c2c(Cc3ccc(CBr)cc3)ccc3ccccc23)cc1. The summed E-state index contributed by atoms with van der Waals surface area (Å²) in [5.74, 6) is 0. The van der Waals surface area contributed by atoms with Gasteiger partial charge >= 0.3 is 0 Å². The minimum Gasteiger partial charge on any atom is -0.0876 e. The summed E-state index contributed by atoms with van der Waals surface area (Å²) in [5.41, 5.74) is 10.7. The van der Waals surface area contributed by atoms with E-state index in [9.17, 15) is 0 Å². The lowest BCUT2D eigenvalue weighted by atomic mass is 9.84. The molecule has 0 saturated carbocycles. The van der Waals surface area contributed by atoms with Gasteiger partial charge in [-0.25, -0.2) is 0 Å². The van der Waals surface area contributed by atoms with E-state index in [1.54, 1.807) is 0 Å². The van der Waals surface area contributed by atoms with E-state index >= 15 is 0 Å². The van der Waals surface area contributed by atoms with Gasteiger partial charge in [-0.1, -0.05) is 153 Å². The smallest absolute Gasteiger partial charge is 0.0283 e. The van der Waals surface area contributed by atoms with Crippen molar-refractivity contribution in [3.63, 3.8) is 0 Å². The van der Waals surface area contributed by atoms with Crippen molar-refractivity contribution in [3.8, 4) is 11.1 Å². The molecule has 6 rings (SSSR count). The Hall–Kier alpha value is -3.20. The van der Waals surface area contributed by atoms with Crippen LogP contribution in [0.4, 0.5) is 0 Å². The van der Waals surface area contributed by atoms with Crippen LogP contribution in [0.2, 0.25) is 0 Å². The normalized spacial score (nSPS) is 11.3. The number of rotatable bonds is 7. The van der Waals surface area contributed by atoms with Crippen molar-refractivity contribution in [3.05, 3.63) is 155 Å². The molecule has 0 saturated heterocycles. The Morgan fingerprint density at radius 1 is 0.368 bits per heavy atom. The van der Waals surface area contributed by atoms with Crippen LogP contribution in [0.1, 0.15) is 33.4 Å². The van der Waals surface area contributed by atoms with Gasteiger partial charge in [0.25, 0.3) is 0 Å². The van der Waals surface area contributed by atoms with Crippen molar-refractivity contribution in [1.29, 1.82) is 0 Å². The monoisotopic (exact) mass is 618 g/mol. The molecule has 0 spiro atoms. The van der Waals surface area contributed by atoms with E-state index in [1.807, 2.05) is 0 Å². The predicted octanol–water partition coefficient (Wildman–Crippen LogP) is 10.6. The van der Waals surface area contributed by atoms with Crippen molar-refractivity contribution in [2.45, 2.75) is 23.5 Å². The second kappa shape index (κ2) is 11.3. The molecule has 0 fully saturated rings. The van der Waals surface area contributed by atoms with Gasteiger partial charge in [-0.3, -0.25) is 0 Å². The van der Waals surface area contributed by atoms with E-state index in [1.165, 1.54) is 66.1 Å². The Morgan fingerprint density at radius 2 is 0.737 bits per heavy atom. The van der Waals surface area contributed by atoms with Gasteiger partial charge < -0.3 is 0 Å². The number of fused-ring (bicyclic) bond motifs is 2. The zero-order valence-corrected chi connectivity index (χ0v) is 24.3. The molecule has 0 bridgehead atoms. The summed E-state index contributed by atoms with van der Waals surface area (Å²) in [6.07, 6.45) is 1.79. The van der Waals surface area contributed by atoms with Crippen molar-refractivity contribution < 1.29 is 0 Å². The molecule has 6 aromatic rings. The third kappa shape index (κ3) is 5.08. The molecule has 0 aliphatic carbocycles. The third-order valence-electron chi connectivity index (χ3n) is 7.42. The fourth-order valence-electron chi connectivity index (χ4n) is 5.45. The fraction of sp³-hybridized carbons (Fsp3) is 0.111. The average Bonchev–Trinajstić information content (AvgIpc) is 2.98. The van der Waals surface area contributed by atoms with Gasteiger partial charge in [-0.15, -0.1) is 0 Å². The molecule has 0 aliphatic heterocycles. The van der Waals surface area contributed by atoms with Crippen LogP contribution in [-0.2, 0) is 23.5 Å². The molecular weight excluding hydrogens is 592 g/mol. The third-order valence-corrected chi connectivity index (χ3v) is 8.72. The van der Waals surface area contributed by atoms with Gasteiger partial charge in [-0.05, 0) is 78.9 Å². The number of benzene rings is 6. The van der Waals surface area contributed by atoms with E-state index in [4.69, 9.17) is 0 Å². The van der Waals surface area contributed by atoms with Crippen LogP contribution in [0, 0.1) is 0 Å². The summed E-state index contributed by atoms with van der Waals surface area (Å²) in [6, 6.07) is 44.9. The van der Waals surface area contributed by atoms with Crippen LogP contribution in [0.15, 0.2) is 121 Å². The van der Waals surface area contributed by atoms with Crippen LogP contribution >= 0.6 is 31.9 Å². The first-order chi connectivity index (χ1) is 18.7. The fourth-order valence-corrected chi connectivity index (χ4v) is 6.20. The molecule has 0 N–H and O–H groups in total. The topological polar surface area (TPSA) is 0 Å². The first-order valence-corrected chi connectivity index (χ1v) is 15.3. The number of hydrogen-bond acceptors (Lipinski definition) is 0. The molecule has 0 aromatic heterocycles. The van der Waals surface area contributed by atoms with Gasteiger partial charge in [0.2, 0.25) is 0 Å². The van der Waals surface area contributed by atoms with E-state index in [0.717, 1.165) is 23.5 Å². The molecular formula is C36H28Br2. The van der Waals surface area contributed by atoms with Crippen LogP contribution < -0.4 is 0 Å². The predicted molar refractivity (Wildman–Crippen MR) is 171 cm³/mol. The number of halogens is 2. The highest BCUT2D eigenvalue weighted by molar-refractivity contribution is 9.08. The average molecular weight is 620 g/mol. The first kappa shape index (κ1) is 25.1. The maximum absolute atomic E-state index is 3.58. The van der Waals surface area contributed by atoms with Gasteiger partial charge in [0.15, 0.2) is 0 Å². The Kier molecular flexibility index (Phi) is 7.44. The summed E-state index contributed by atoms with van der Waals surface area (Å²) in [5, 5.41) is 6.95. The van der Waals surface area contributed by atoms with Crippen LogP contribution in [0.5, 0.6) is 0 Å². The zero-order valence-electron chi connectivity index (χ0n) is 21.1. The lowest BCUT2D eigenvalue weighted by Crippen LogP contribution is -1.99. The Balaban J connectivity index is 1.58. The lowest BCUT2D eigenvalue weighted by molar-refractivity contribution is 1.17. The summed E-state index contributed by atoms with van der Waals surface area (Å²) in [6.45, 7) is 0. The molecule has 186 valence electrons. The molecule has 0 amide bonds. The summed E-state index contributed by atoms with van der Waals surface area (Å²) in [4.78, 5) is 0. The summed E-state index contributed by atoms with van der Waals surface area (Å²) >= 11 is 7.16. The minimum absolute atomic E-state index is 0.879. The first-order valence-electron chi connectivity index (χ1n) is 13.0. The summed E-state index contributed by atoms with van der Waals surface area (Å²) in [7, 11) is 0. The van der Waals surface area contributed by atoms with E-state index in [2.05, 4.69) is 153 Å². The molecule has 0 unspecified atom stereocenters. The van der Waals surface area contributed by atoms with Gasteiger partial charge in [0.05, 0.1) is 0 Å². The standard InChI is InChI=1S/C36H28Br2/c37-23-27-13-9-25(10-14-27)21-31-19-17-29-5-1-3-7-33(29)35(31)36-32(20-18-30-6-2-4-8-34(30)36)22-26-11-15-28(24-38)16-12-26/h1-20H,21-24H2. The highest BCUT2D eigenvalue weighted by Gasteiger charge is 2.17. The molecule has 2 heteroatoms. The molecule has 0 nitrogen and oxygen atoms in total. The minimum atomic E-state index is 0.879.